The topological polar surface area (TPSA) is 92.7 Å². The fourth-order valence-corrected chi connectivity index (χ4v) is 2.49. The van der Waals surface area contributed by atoms with Crippen molar-refractivity contribution in [3.05, 3.63) is 29.8 Å². The second-order valence-corrected chi connectivity index (χ2v) is 7.67. The van der Waals surface area contributed by atoms with Gasteiger partial charge in [-0.2, -0.15) is 8.78 Å². The van der Waals surface area contributed by atoms with E-state index >= 15 is 0 Å². The van der Waals surface area contributed by atoms with Crippen LogP contribution in [0.2, 0.25) is 0 Å². The van der Waals surface area contributed by atoms with Crippen molar-refractivity contribution in [1.29, 1.82) is 0 Å². The molecule has 0 radical (unpaired) electrons. The molecule has 1 aromatic rings. The lowest BCUT2D eigenvalue weighted by molar-refractivity contribution is -0.161. The van der Waals surface area contributed by atoms with Crippen molar-refractivity contribution >= 4 is 16.1 Å². The molecule has 1 atom stereocenters. The van der Waals surface area contributed by atoms with Gasteiger partial charge in [-0.15, -0.1) is 0 Å². The zero-order valence-electron chi connectivity index (χ0n) is 15.5. The molecule has 0 saturated heterocycles. The van der Waals surface area contributed by atoms with Gasteiger partial charge >= 0.3 is 11.2 Å². The fourth-order valence-electron chi connectivity index (χ4n) is 2.23. The normalized spacial score (nSPS) is 13.2. The second kappa shape index (κ2) is 10.6. The first-order valence-corrected chi connectivity index (χ1v) is 10.2. The Morgan fingerprint density at radius 3 is 2.19 bits per heavy atom. The molecule has 6 nitrogen and oxygen atoms in total. The Morgan fingerprint density at radius 1 is 1.11 bits per heavy atom. The Bertz CT molecular complexity index is 688. The Kier molecular flexibility index (Phi) is 9.11. The number of hydrogen-bond donors (Lipinski definition) is 0. The summed E-state index contributed by atoms with van der Waals surface area (Å²) in [5.41, 5.74) is 1.26. The Labute approximate surface area is 158 Å². The summed E-state index contributed by atoms with van der Waals surface area (Å²) in [6.07, 6.45) is 3.38. The predicted molar refractivity (Wildman–Crippen MR) is 94.7 cm³/mol. The number of esters is 1. The highest BCUT2D eigenvalue weighted by molar-refractivity contribution is 7.87. The summed E-state index contributed by atoms with van der Waals surface area (Å²) in [7, 11) is -6.07. The van der Waals surface area contributed by atoms with Crippen LogP contribution in [0.5, 0.6) is 5.75 Å². The van der Waals surface area contributed by atoms with Crippen LogP contribution in [0.1, 0.15) is 57.4 Å². The van der Waals surface area contributed by atoms with Crippen LogP contribution in [-0.2, 0) is 19.6 Å². The largest absolute Gasteiger partial charge is 0.743 e. The van der Waals surface area contributed by atoms with Gasteiger partial charge < -0.3 is 14.0 Å². The lowest BCUT2D eigenvalue weighted by Crippen LogP contribution is -2.39. The molecule has 0 heterocycles. The molecule has 0 spiro atoms. The summed E-state index contributed by atoms with van der Waals surface area (Å²) in [6, 6.07) is 7.92. The van der Waals surface area contributed by atoms with Gasteiger partial charge in [-0.05, 0) is 55.7 Å². The lowest BCUT2D eigenvalue weighted by atomic mass is 9.99. The molecule has 0 aromatic heterocycles. The Balaban J connectivity index is 2.15. The summed E-state index contributed by atoms with van der Waals surface area (Å²) >= 11 is 0. The number of ether oxygens (including phenoxy) is 2. The maximum absolute atomic E-state index is 12.9. The van der Waals surface area contributed by atoms with E-state index in [1.165, 1.54) is 5.56 Å². The van der Waals surface area contributed by atoms with E-state index in [1.54, 1.807) is 0 Å². The van der Waals surface area contributed by atoms with Crippen LogP contribution in [-0.4, -0.2) is 37.4 Å². The monoisotopic (exact) mass is 407 g/mol. The van der Waals surface area contributed by atoms with E-state index < -0.39 is 21.3 Å². The Hall–Kier alpha value is -1.74. The number of carbonyl (C=O) groups is 1. The van der Waals surface area contributed by atoms with Crippen molar-refractivity contribution in [2.45, 2.75) is 57.1 Å². The van der Waals surface area contributed by atoms with Crippen molar-refractivity contribution in [3.63, 3.8) is 0 Å². The average Bonchev–Trinajstić information content (AvgIpc) is 2.62. The molecule has 0 saturated carbocycles. The smallest absolute Gasteiger partial charge is 0.428 e. The number of benzene rings is 1. The van der Waals surface area contributed by atoms with Crippen molar-refractivity contribution in [2.24, 2.45) is 0 Å². The van der Waals surface area contributed by atoms with Crippen LogP contribution < -0.4 is 4.74 Å². The quantitative estimate of drug-likeness (QED) is 0.297. The van der Waals surface area contributed by atoms with E-state index in [9.17, 15) is 26.5 Å². The van der Waals surface area contributed by atoms with Gasteiger partial charge in [-0.1, -0.05) is 26.0 Å². The summed E-state index contributed by atoms with van der Waals surface area (Å²) in [4.78, 5) is 10.9. The zero-order valence-corrected chi connectivity index (χ0v) is 16.3. The van der Waals surface area contributed by atoms with Crippen LogP contribution in [0, 0.1) is 0 Å². The van der Waals surface area contributed by atoms with Gasteiger partial charge in [0.1, 0.15) is 5.75 Å². The first kappa shape index (κ1) is 23.3. The van der Waals surface area contributed by atoms with Gasteiger partial charge in [0.25, 0.3) is 0 Å². The van der Waals surface area contributed by atoms with E-state index in [0.29, 0.717) is 18.9 Å². The molecule has 0 aliphatic rings. The zero-order chi connectivity index (χ0) is 20.5. The van der Waals surface area contributed by atoms with E-state index in [0.717, 1.165) is 25.0 Å². The van der Waals surface area contributed by atoms with Gasteiger partial charge in [0.05, 0.1) is 13.2 Å². The molecule has 1 unspecified atom stereocenters. The highest BCUT2D eigenvalue weighted by atomic mass is 32.2. The van der Waals surface area contributed by atoms with Crippen molar-refractivity contribution < 1.29 is 36.0 Å². The van der Waals surface area contributed by atoms with Gasteiger partial charge in [-0.25, -0.2) is 13.2 Å². The molecule has 1 aromatic carbocycles. The maximum Gasteiger partial charge on any atom is 0.428 e. The number of halogens is 2. The summed E-state index contributed by atoms with van der Waals surface area (Å²) < 4.78 is 66.3. The molecule has 0 aliphatic carbocycles. The van der Waals surface area contributed by atoms with E-state index in [4.69, 9.17) is 4.74 Å². The minimum Gasteiger partial charge on any atom is -0.743 e. The van der Waals surface area contributed by atoms with E-state index in [1.807, 2.05) is 24.3 Å². The lowest BCUT2D eigenvalue weighted by Gasteiger charge is -2.17. The molecule has 0 N–H and O–H groups in total. The van der Waals surface area contributed by atoms with E-state index in [2.05, 4.69) is 18.6 Å². The van der Waals surface area contributed by atoms with Gasteiger partial charge in [0.15, 0.2) is 10.1 Å². The van der Waals surface area contributed by atoms with Gasteiger partial charge in [0, 0.05) is 0 Å². The highest BCUT2D eigenvalue weighted by Crippen LogP contribution is 2.23. The minimum absolute atomic E-state index is 0.282. The SMILES string of the molecule is CCC(C)c1ccc(OCCCCCCOC(=O)C(F)(F)S(=O)(=O)[O-])cc1. The second-order valence-electron chi connectivity index (χ2n) is 6.25. The van der Waals surface area contributed by atoms with Crippen molar-refractivity contribution in [2.75, 3.05) is 13.2 Å². The summed E-state index contributed by atoms with van der Waals surface area (Å²) in [5, 5.41) is -5.05. The Morgan fingerprint density at radius 2 is 1.67 bits per heavy atom. The first-order chi connectivity index (χ1) is 12.6. The maximum atomic E-state index is 12.9. The predicted octanol–water partition coefficient (Wildman–Crippen LogP) is 3.82. The molecule has 1 rings (SSSR count). The number of unbranched alkanes of at least 4 members (excludes halogenated alkanes) is 3. The van der Waals surface area contributed by atoms with Gasteiger partial charge in [-0.3, -0.25) is 0 Å². The molecule has 0 fully saturated rings. The molecule has 0 bridgehead atoms. The number of hydrogen-bond acceptors (Lipinski definition) is 6. The van der Waals surface area contributed by atoms with E-state index in [-0.39, 0.29) is 13.0 Å². The third-order valence-corrected chi connectivity index (χ3v) is 4.95. The number of carbonyl (C=O) groups excluding carboxylic acids is 1. The third kappa shape index (κ3) is 7.42. The third-order valence-electron chi connectivity index (χ3n) is 4.15. The molecule has 0 aliphatic heterocycles. The number of rotatable bonds is 12. The standard InChI is InChI=1S/C18H26F2O6S/c1-3-14(2)15-8-10-16(11-9-15)25-12-6-4-5-7-13-26-17(21)18(19,20)27(22,23)24/h8-11,14H,3-7,12-13H2,1-2H3,(H,22,23,24)/p-1. The summed E-state index contributed by atoms with van der Waals surface area (Å²) in [6.45, 7) is 4.41. The molecule has 0 amide bonds. The van der Waals surface area contributed by atoms with Crippen LogP contribution in [0.15, 0.2) is 24.3 Å². The van der Waals surface area contributed by atoms with Crippen LogP contribution in [0.25, 0.3) is 0 Å². The highest BCUT2D eigenvalue weighted by Gasteiger charge is 2.48. The first-order valence-electron chi connectivity index (χ1n) is 8.82. The van der Waals surface area contributed by atoms with Crippen LogP contribution in [0.3, 0.4) is 0 Å². The average molecular weight is 407 g/mol. The van der Waals surface area contributed by atoms with Crippen LogP contribution in [0.4, 0.5) is 8.78 Å². The molecular formula is C18H25F2O6S-. The number of alkyl halides is 2. The summed E-state index contributed by atoms with van der Waals surface area (Å²) in [5.74, 6) is -1.06. The molecule has 9 heteroatoms. The fraction of sp³-hybridized carbons (Fsp3) is 0.611. The minimum atomic E-state index is -6.07. The molecule has 27 heavy (non-hydrogen) atoms. The van der Waals surface area contributed by atoms with Crippen molar-refractivity contribution in [3.8, 4) is 5.75 Å². The van der Waals surface area contributed by atoms with Crippen molar-refractivity contribution in [1.82, 2.24) is 0 Å². The molecular weight excluding hydrogens is 382 g/mol. The molecule has 154 valence electrons. The van der Waals surface area contributed by atoms with Crippen LogP contribution >= 0.6 is 0 Å². The van der Waals surface area contributed by atoms with Gasteiger partial charge in [0.2, 0.25) is 0 Å².